The summed E-state index contributed by atoms with van der Waals surface area (Å²) in [6.45, 7) is 7.33. The lowest BCUT2D eigenvalue weighted by Crippen LogP contribution is -2.25. The molecule has 0 bridgehead atoms. The Labute approximate surface area is 163 Å². The number of rotatable bonds is 7. The Morgan fingerprint density at radius 2 is 2.11 bits per heavy atom. The number of aromatic hydroxyl groups is 1. The minimum atomic E-state index is -0.615. The summed E-state index contributed by atoms with van der Waals surface area (Å²) in [6.07, 6.45) is 1.75. The van der Waals surface area contributed by atoms with Crippen LogP contribution in [0.5, 0.6) is 11.5 Å². The van der Waals surface area contributed by atoms with Gasteiger partial charge in [-0.2, -0.15) is 0 Å². The van der Waals surface area contributed by atoms with E-state index in [-0.39, 0.29) is 35.5 Å². The summed E-state index contributed by atoms with van der Waals surface area (Å²) < 4.78 is 20.0. The fourth-order valence-electron chi connectivity index (χ4n) is 2.75. The monoisotopic (exact) mass is 391 g/mol. The van der Waals surface area contributed by atoms with Crippen LogP contribution >= 0.6 is 11.6 Å². The standard InChI is InChI=1S/C21H23ClFNO3/c1-5-14-16(9-13-6-7-18(25)15(8-13)12(2)3)17(22)10-19(21(14)23)27-11-20(26)24-4/h5-8,10,12,25H,1,9,11H2,2-4H3,(H,24,26). The van der Waals surface area contributed by atoms with Crippen LogP contribution in [0.15, 0.2) is 30.8 Å². The third-order valence-corrected chi connectivity index (χ3v) is 4.60. The molecular weight excluding hydrogens is 369 g/mol. The van der Waals surface area contributed by atoms with Gasteiger partial charge in [0.05, 0.1) is 0 Å². The van der Waals surface area contributed by atoms with E-state index in [1.807, 2.05) is 19.9 Å². The maximum absolute atomic E-state index is 14.8. The number of hydrogen-bond acceptors (Lipinski definition) is 3. The molecule has 0 fully saturated rings. The van der Waals surface area contributed by atoms with Crippen LogP contribution in [-0.2, 0) is 11.2 Å². The first-order valence-electron chi connectivity index (χ1n) is 8.56. The van der Waals surface area contributed by atoms with Gasteiger partial charge >= 0.3 is 0 Å². The van der Waals surface area contributed by atoms with E-state index in [0.717, 1.165) is 11.1 Å². The maximum Gasteiger partial charge on any atom is 0.257 e. The van der Waals surface area contributed by atoms with E-state index in [1.54, 1.807) is 12.1 Å². The Hall–Kier alpha value is -2.53. The van der Waals surface area contributed by atoms with Crippen LogP contribution < -0.4 is 10.1 Å². The number of likely N-dealkylation sites (N-methyl/N-ethyl adjacent to an activating group) is 1. The lowest BCUT2D eigenvalue weighted by atomic mass is 9.94. The van der Waals surface area contributed by atoms with Gasteiger partial charge in [0.1, 0.15) is 5.75 Å². The first-order valence-corrected chi connectivity index (χ1v) is 8.94. The van der Waals surface area contributed by atoms with Gasteiger partial charge in [0.25, 0.3) is 5.91 Å². The second-order valence-corrected chi connectivity index (χ2v) is 6.86. The van der Waals surface area contributed by atoms with Gasteiger partial charge in [-0.05, 0) is 35.1 Å². The summed E-state index contributed by atoms with van der Waals surface area (Å²) in [4.78, 5) is 11.3. The molecule has 4 nitrogen and oxygen atoms in total. The van der Waals surface area contributed by atoms with Crippen molar-refractivity contribution >= 4 is 23.6 Å². The quantitative estimate of drug-likeness (QED) is 0.721. The van der Waals surface area contributed by atoms with Gasteiger partial charge in [-0.15, -0.1) is 0 Å². The van der Waals surface area contributed by atoms with Crippen LogP contribution in [-0.4, -0.2) is 24.7 Å². The molecule has 27 heavy (non-hydrogen) atoms. The van der Waals surface area contributed by atoms with E-state index < -0.39 is 5.82 Å². The van der Waals surface area contributed by atoms with Crippen LogP contribution in [0.1, 0.15) is 42.0 Å². The van der Waals surface area contributed by atoms with Crippen LogP contribution in [0.4, 0.5) is 4.39 Å². The number of carbonyl (C=O) groups is 1. The van der Waals surface area contributed by atoms with Crippen LogP contribution in [0, 0.1) is 5.82 Å². The fourth-order valence-corrected chi connectivity index (χ4v) is 3.02. The number of carbonyl (C=O) groups excluding carboxylic acids is 1. The van der Waals surface area contributed by atoms with Gasteiger partial charge in [0, 0.05) is 23.7 Å². The van der Waals surface area contributed by atoms with E-state index in [1.165, 1.54) is 19.2 Å². The Morgan fingerprint density at radius 1 is 1.41 bits per heavy atom. The van der Waals surface area contributed by atoms with E-state index in [0.29, 0.717) is 17.0 Å². The number of phenolic OH excluding ortho intramolecular Hbond substituents is 1. The van der Waals surface area contributed by atoms with Gasteiger partial charge in [0.15, 0.2) is 18.2 Å². The fraction of sp³-hybridized carbons (Fsp3) is 0.286. The number of ether oxygens (including phenoxy) is 1. The third-order valence-electron chi connectivity index (χ3n) is 4.26. The molecule has 0 aliphatic carbocycles. The number of nitrogens with one attached hydrogen (secondary N) is 1. The van der Waals surface area contributed by atoms with Gasteiger partial charge < -0.3 is 15.2 Å². The van der Waals surface area contributed by atoms with Crippen molar-refractivity contribution in [3.63, 3.8) is 0 Å². The number of hydrogen-bond donors (Lipinski definition) is 2. The molecule has 6 heteroatoms. The van der Waals surface area contributed by atoms with Crippen molar-refractivity contribution in [2.75, 3.05) is 13.7 Å². The lowest BCUT2D eigenvalue weighted by molar-refractivity contribution is -0.122. The summed E-state index contributed by atoms with van der Waals surface area (Å²) in [5.41, 5.74) is 2.50. The molecule has 144 valence electrons. The molecule has 0 atom stereocenters. The van der Waals surface area contributed by atoms with Gasteiger partial charge in [-0.1, -0.05) is 50.2 Å². The average Bonchev–Trinajstić information content (AvgIpc) is 2.64. The van der Waals surface area contributed by atoms with Gasteiger partial charge in [-0.25, -0.2) is 4.39 Å². The number of phenols is 1. The minimum absolute atomic E-state index is 0.101. The van der Waals surface area contributed by atoms with Crippen LogP contribution in [0.3, 0.4) is 0 Å². The van der Waals surface area contributed by atoms with Crippen molar-refractivity contribution in [1.82, 2.24) is 5.32 Å². The molecule has 1 amide bonds. The zero-order chi connectivity index (χ0) is 20.1. The first-order chi connectivity index (χ1) is 12.8. The van der Waals surface area contributed by atoms with Crippen molar-refractivity contribution in [3.8, 4) is 11.5 Å². The molecule has 0 aliphatic rings. The molecule has 0 radical (unpaired) electrons. The summed E-state index contributed by atoms with van der Waals surface area (Å²) in [5.74, 6) is -0.712. The molecule has 0 heterocycles. The zero-order valence-electron chi connectivity index (χ0n) is 15.6. The smallest absolute Gasteiger partial charge is 0.257 e. The number of amides is 1. The second-order valence-electron chi connectivity index (χ2n) is 6.45. The topological polar surface area (TPSA) is 58.6 Å². The molecule has 0 saturated heterocycles. The molecule has 0 unspecified atom stereocenters. The number of benzene rings is 2. The summed E-state index contributed by atoms with van der Waals surface area (Å²) in [7, 11) is 1.47. The predicted octanol–water partition coefficient (Wildman–Crippen LogP) is 4.67. The first kappa shape index (κ1) is 20.8. The molecule has 0 saturated carbocycles. The Morgan fingerprint density at radius 3 is 2.70 bits per heavy atom. The van der Waals surface area contributed by atoms with Crippen molar-refractivity contribution in [3.05, 3.63) is 63.9 Å². The lowest BCUT2D eigenvalue weighted by Gasteiger charge is -2.16. The van der Waals surface area contributed by atoms with Crippen molar-refractivity contribution in [2.45, 2.75) is 26.2 Å². The molecule has 2 rings (SSSR count). The largest absolute Gasteiger partial charge is 0.508 e. The van der Waals surface area contributed by atoms with Crippen LogP contribution in [0.25, 0.3) is 6.08 Å². The second kappa shape index (κ2) is 8.91. The SMILES string of the molecule is C=Cc1c(F)c(OCC(=O)NC)cc(Cl)c1Cc1ccc(O)c(C(C)C)c1. The van der Waals surface area contributed by atoms with Gasteiger partial charge in [-0.3, -0.25) is 4.79 Å². The molecule has 2 aromatic rings. The van der Waals surface area contributed by atoms with Crippen LogP contribution in [0.2, 0.25) is 5.02 Å². The summed E-state index contributed by atoms with van der Waals surface area (Å²) in [5, 5.41) is 12.7. The maximum atomic E-state index is 14.8. The predicted molar refractivity (Wildman–Crippen MR) is 106 cm³/mol. The average molecular weight is 392 g/mol. The highest BCUT2D eigenvalue weighted by Gasteiger charge is 2.18. The highest BCUT2D eigenvalue weighted by Crippen LogP contribution is 2.34. The summed E-state index contributed by atoms with van der Waals surface area (Å²) in [6, 6.07) is 6.66. The van der Waals surface area contributed by atoms with E-state index in [2.05, 4.69) is 11.9 Å². The highest BCUT2D eigenvalue weighted by atomic mass is 35.5. The van der Waals surface area contributed by atoms with Crippen molar-refractivity contribution in [2.24, 2.45) is 0 Å². The summed E-state index contributed by atoms with van der Waals surface area (Å²) >= 11 is 6.37. The molecular formula is C21H23ClFNO3. The third kappa shape index (κ3) is 4.80. The Bertz CT molecular complexity index is 865. The normalized spacial score (nSPS) is 10.7. The Kier molecular flexibility index (Phi) is 6.86. The van der Waals surface area contributed by atoms with E-state index in [9.17, 15) is 14.3 Å². The number of halogens is 2. The van der Waals surface area contributed by atoms with E-state index in [4.69, 9.17) is 16.3 Å². The Balaban J connectivity index is 2.40. The molecule has 0 aliphatic heterocycles. The molecule has 2 aromatic carbocycles. The van der Waals surface area contributed by atoms with Gasteiger partial charge in [0.2, 0.25) is 0 Å². The van der Waals surface area contributed by atoms with E-state index >= 15 is 0 Å². The molecule has 0 aromatic heterocycles. The zero-order valence-corrected chi connectivity index (χ0v) is 16.4. The van der Waals surface area contributed by atoms with Crippen molar-refractivity contribution < 1.29 is 19.0 Å². The van der Waals surface area contributed by atoms with Crippen molar-refractivity contribution in [1.29, 1.82) is 0 Å². The molecule has 2 N–H and O–H groups in total. The minimum Gasteiger partial charge on any atom is -0.508 e. The molecule has 0 spiro atoms. The highest BCUT2D eigenvalue weighted by molar-refractivity contribution is 6.31.